The van der Waals surface area contributed by atoms with E-state index in [0.29, 0.717) is 5.56 Å². The van der Waals surface area contributed by atoms with Crippen LogP contribution in [0.1, 0.15) is 28.9 Å². The predicted molar refractivity (Wildman–Crippen MR) is 82.7 cm³/mol. The van der Waals surface area contributed by atoms with Crippen LogP contribution in [0.5, 0.6) is 0 Å². The number of carboxylic acids is 1. The second-order valence-electron chi connectivity index (χ2n) is 5.27. The lowest BCUT2D eigenvalue weighted by molar-refractivity contribution is 0.0697. The summed E-state index contributed by atoms with van der Waals surface area (Å²) in [7, 11) is 0. The van der Waals surface area contributed by atoms with Gasteiger partial charge in [0.2, 0.25) is 0 Å². The van der Waals surface area contributed by atoms with Crippen molar-refractivity contribution in [1.82, 2.24) is 9.88 Å². The highest BCUT2D eigenvalue weighted by molar-refractivity contribution is 5.96. The molecule has 2 heterocycles. The second kappa shape index (κ2) is 4.38. The van der Waals surface area contributed by atoms with E-state index < -0.39 is 5.97 Å². The van der Waals surface area contributed by atoms with Crippen LogP contribution in [0.25, 0.3) is 22.7 Å². The minimum atomic E-state index is -0.899. The van der Waals surface area contributed by atoms with Crippen LogP contribution in [0, 0.1) is 0 Å². The lowest BCUT2D eigenvalue weighted by Gasteiger charge is -2.14. The summed E-state index contributed by atoms with van der Waals surface area (Å²) in [5.74, 6) is -0.899. The third-order valence-corrected chi connectivity index (χ3v) is 4.03. The molecule has 2 N–H and O–H groups in total. The molecule has 1 aliphatic heterocycles. The highest BCUT2D eigenvalue weighted by Crippen LogP contribution is 2.33. The molecular weight excluding hydrogens is 264 g/mol. The normalized spacial score (nSPS) is 16.4. The molecule has 0 saturated carbocycles. The summed E-state index contributed by atoms with van der Waals surface area (Å²) in [5, 5.41) is 13.5. The molecule has 0 radical (unpaired) electrons. The Bertz CT molecular complexity index is 853. The molecular formula is C17H14N2O2. The number of allylic oxidation sites excluding steroid dienone is 3. The minimum Gasteiger partial charge on any atom is -0.478 e. The number of carbonyl (C=O) groups is 1. The van der Waals surface area contributed by atoms with Crippen molar-refractivity contribution >= 4 is 28.6 Å². The monoisotopic (exact) mass is 278 g/mol. The molecule has 0 bridgehead atoms. The van der Waals surface area contributed by atoms with Crippen molar-refractivity contribution in [3.63, 3.8) is 0 Å². The van der Waals surface area contributed by atoms with Crippen LogP contribution in [0.4, 0.5) is 0 Å². The molecule has 104 valence electrons. The van der Waals surface area contributed by atoms with Crippen LogP contribution >= 0.6 is 0 Å². The summed E-state index contributed by atoms with van der Waals surface area (Å²) in [6.07, 6.45) is 10.1. The van der Waals surface area contributed by atoms with Gasteiger partial charge in [0.05, 0.1) is 16.8 Å². The standard InChI is InChI=1S/C17H14N2O2/c20-17(21)12-6-5-11-9-16-13-3-1-2-4-14(13)18-7-8-19(16)15(11)10-12/h2,4-10,18H,1,3H2,(H,20,21). The largest absolute Gasteiger partial charge is 0.478 e. The molecule has 0 unspecified atom stereocenters. The first-order valence-corrected chi connectivity index (χ1v) is 6.95. The zero-order valence-electron chi connectivity index (χ0n) is 11.3. The number of hydrogen-bond donors (Lipinski definition) is 2. The van der Waals surface area contributed by atoms with Gasteiger partial charge in [-0.25, -0.2) is 4.79 Å². The van der Waals surface area contributed by atoms with Gasteiger partial charge in [0.25, 0.3) is 0 Å². The summed E-state index contributed by atoms with van der Waals surface area (Å²) >= 11 is 0. The fourth-order valence-corrected chi connectivity index (χ4v) is 3.01. The topological polar surface area (TPSA) is 54.3 Å². The van der Waals surface area contributed by atoms with E-state index in [9.17, 15) is 9.90 Å². The molecule has 0 amide bonds. The lowest BCUT2D eigenvalue weighted by atomic mass is 9.99. The third-order valence-electron chi connectivity index (χ3n) is 4.03. The molecule has 1 aromatic heterocycles. The molecule has 0 spiro atoms. The molecule has 4 rings (SSSR count). The van der Waals surface area contributed by atoms with E-state index >= 15 is 0 Å². The number of rotatable bonds is 1. The van der Waals surface area contributed by atoms with Crippen molar-refractivity contribution in [2.75, 3.05) is 0 Å². The van der Waals surface area contributed by atoms with E-state index in [4.69, 9.17) is 0 Å². The van der Waals surface area contributed by atoms with E-state index in [2.05, 4.69) is 28.1 Å². The van der Waals surface area contributed by atoms with E-state index in [-0.39, 0.29) is 0 Å². The maximum absolute atomic E-state index is 11.2. The number of hydrogen-bond acceptors (Lipinski definition) is 2. The molecule has 0 atom stereocenters. The predicted octanol–water partition coefficient (Wildman–Crippen LogP) is 3.43. The molecule has 0 fully saturated rings. The van der Waals surface area contributed by atoms with Crippen LogP contribution in [0.3, 0.4) is 0 Å². The van der Waals surface area contributed by atoms with E-state index in [1.54, 1.807) is 12.1 Å². The van der Waals surface area contributed by atoms with Crippen molar-refractivity contribution in [2.45, 2.75) is 12.8 Å². The maximum Gasteiger partial charge on any atom is 0.335 e. The van der Waals surface area contributed by atoms with Gasteiger partial charge in [-0.2, -0.15) is 0 Å². The number of nitrogens with one attached hydrogen (secondary N) is 1. The first-order chi connectivity index (χ1) is 10.2. The second-order valence-corrected chi connectivity index (χ2v) is 5.27. The van der Waals surface area contributed by atoms with Crippen molar-refractivity contribution in [2.24, 2.45) is 0 Å². The fourth-order valence-electron chi connectivity index (χ4n) is 3.01. The van der Waals surface area contributed by atoms with E-state index in [1.165, 1.54) is 5.57 Å². The highest BCUT2D eigenvalue weighted by Gasteiger charge is 2.18. The summed E-state index contributed by atoms with van der Waals surface area (Å²) in [4.78, 5) is 11.2. The first kappa shape index (κ1) is 12.0. The van der Waals surface area contributed by atoms with Crippen molar-refractivity contribution in [3.05, 3.63) is 59.6 Å². The van der Waals surface area contributed by atoms with Crippen molar-refractivity contribution < 1.29 is 9.90 Å². The SMILES string of the molecule is O=C(O)c1ccc2cc3n(c2c1)C=CNC1=C3CCC=C1. The first-order valence-electron chi connectivity index (χ1n) is 6.95. The molecule has 1 aliphatic carbocycles. The molecule has 4 nitrogen and oxygen atoms in total. The number of fused-ring (bicyclic) bond motifs is 4. The van der Waals surface area contributed by atoms with Crippen LogP contribution in [-0.2, 0) is 0 Å². The van der Waals surface area contributed by atoms with Crippen LogP contribution in [0.2, 0.25) is 0 Å². The van der Waals surface area contributed by atoms with Crippen LogP contribution in [0.15, 0.2) is 48.3 Å². The van der Waals surface area contributed by atoms with Crippen LogP contribution < -0.4 is 5.32 Å². The van der Waals surface area contributed by atoms with E-state index in [0.717, 1.165) is 35.1 Å². The smallest absolute Gasteiger partial charge is 0.335 e. The Morgan fingerprint density at radius 2 is 2.19 bits per heavy atom. The lowest BCUT2D eigenvalue weighted by Crippen LogP contribution is -2.06. The van der Waals surface area contributed by atoms with Crippen LogP contribution in [-0.4, -0.2) is 15.6 Å². The van der Waals surface area contributed by atoms with Gasteiger partial charge in [0.1, 0.15) is 0 Å². The number of carboxylic acid groups (broad SMARTS) is 1. The fraction of sp³-hybridized carbons (Fsp3) is 0.118. The zero-order valence-corrected chi connectivity index (χ0v) is 11.3. The molecule has 0 saturated heterocycles. The van der Waals surface area contributed by atoms with Gasteiger partial charge < -0.3 is 15.0 Å². The summed E-state index contributed by atoms with van der Waals surface area (Å²) in [5.41, 5.74) is 4.76. The van der Waals surface area contributed by atoms with Gasteiger partial charge in [-0.3, -0.25) is 0 Å². The van der Waals surface area contributed by atoms with E-state index in [1.807, 2.05) is 18.5 Å². The minimum absolute atomic E-state index is 0.312. The quantitative estimate of drug-likeness (QED) is 0.840. The Labute approximate surface area is 121 Å². The van der Waals surface area contributed by atoms with Gasteiger partial charge in [-0.15, -0.1) is 0 Å². The summed E-state index contributed by atoms with van der Waals surface area (Å²) in [6.45, 7) is 0. The number of nitrogens with zero attached hydrogens (tertiary/aromatic N) is 1. The average molecular weight is 278 g/mol. The Morgan fingerprint density at radius 3 is 3.05 bits per heavy atom. The number of benzene rings is 1. The van der Waals surface area contributed by atoms with Gasteiger partial charge in [0.15, 0.2) is 0 Å². The molecule has 2 aromatic rings. The zero-order chi connectivity index (χ0) is 14.4. The Morgan fingerprint density at radius 1 is 1.29 bits per heavy atom. The highest BCUT2D eigenvalue weighted by atomic mass is 16.4. The Kier molecular flexibility index (Phi) is 2.51. The molecule has 2 aliphatic rings. The number of aromatic carboxylic acids is 1. The molecule has 1 aromatic carbocycles. The van der Waals surface area contributed by atoms with Crippen molar-refractivity contribution in [3.8, 4) is 0 Å². The summed E-state index contributed by atoms with van der Waals surface area (Å²) < 4.78 is 2.07. The van der Waals surface area contributed by atoms with Gasteiger partial charge in [0, 0.05) is 23.5 Å². The number of aromatic nitrogens is 1. The Hall–Kier alpha value is -2.75. The van der Waals surface area contributed by atoms with Gasteiger partial charge in [-0.1, -0.05) is 12.1 Å². The Balaban J connectivity index is 2.01. The van der Waals surface area contributed by atoms with Crippen molar-refractivity contribution in [1.29, 1.82) is 0 Å². The van der Waals surface area contributed by atoms with Gasteiger partial charge >= 0.3 is 5.97 Å². The average Bonchev–Trinajstić information content (AvgIpc) is 2.75. The third kappa shape index (κ3) is 1.80. The molecule has 21 heavy (non-hydrogen) atoms. The summed E-state index contributed by atoms with van der Waals surface area (Å²) in [6, 6.07) is 7.39. The maximum atomic E-state index is 11.2. The van der Waals surface area contributed by atoms with Gasteiger partial charge in [-0.05, 0) is 42.7 Å². The molecule has 4 heteroatoms.